The van der Waals surface area contributed by atoms with E-state index >= 15 is 0 Å². The molecule has 0 aliphatic carbocycles. The zero-order chi connectivity index (χ0) is 26.9. The molecule has 1 aliphatic rings. The maximum Gasteiger partial charge on any atom is 0.326 e. The SMILES string of the molecule is CCC(C)C(NC(=O)C(N)Cc1cnc[nH]1)C(=O)NC(Cc1ccccc1)C(=O)N1CCCC1C(=O)O. The number of nitrogens with zero attached hydrogens (tertiary/aromatic N) is 2. The van der Waals surface area contributed by atoms with Crippen molar-refractivity contribution in [1.82, 2.24) is 25.5 Å². The molecule has 0 saturated carbocycles. The molecule has 1 fully saturated rings. The number of carbonyl (C=O) groups excluding carboxylic acids is 3. The van der Waals surface area contributed by atoms with Crippen molar-refractivity contribution in [3.05, 3.63) is 54.1 Å². The van der Waals surface area contributed by atoms with E-state index in [0.717, 1.165) is 5.56 Å². The lowest BCUT2D eigenvalue weighted by Gasteiger charge is -2.30. The van der Waals surface area contributed by atoms with Gasteiger partial charge in [-0.2, -0.15) is 0 Å². The van der Waals surface area contributed by atoms with Crippen LogP contribution >= 0.6 is 0 Å². The zero-order valence-corrected chi connectivity index (χ0v) is 21.2. The van der Waals surface area contributed by atoms with Crippen molar-refractivity contribution >= 4 is 23.7 Å². The summed E-state index contributed by atoms with van der Waals surface area (Å²) >= 11 is 0. The normalized spacial score (nSPS) is 18.5. The summed E-state index contributed by atoms with van der Waals surface area (Å²) in [6.07, 6.45) is 5.03. The minimum atomic E-state index is -1.06. The molecule has 0 radical (unpaired) electrons. The molecule has 0 spiro atoms. The molecule has 2 aromatic rings. The van der Waals surface area contributed by atoms with Gasteiger partial charge < -0.3 is 31.4 Å². The lowest BCUT2D eigenvalue weighted by molar-refractivity contribution is -0.149. The van der Waals surface area contributed by atoms with Gasteiger partial charge in [0, 0.05) is 31.3 Å². The van der Waals surface area contributed by atoms with Crippen LogP contribution in [0.1, 0.15) is 44.4 Å². The highest BCUT2D eigenvalue weighted by Crippen LogP contribution is 2.20. The Hall–Kier alpha value is -3.73. The van der Waals surface area contributed by atoms with Crippen LogP contribution in [0.15, 0.2) is 42.9 Å². The average Bonchev–Trinajstić information content (AvgIpc) is 3.59. The maximum absolute atomic E-state index is 13.5. The Morgan fingerprint density at radius 2 is 1.89 bits per heavy atom. The van der Waals surface area contributed by atoms with Gasteiger partial charge in [0.15, 0.2) is 0 Å². The van der Waals surface area contributed by atoms with Gasteiger partial charge in [-0.15, -0.1) is 0 Å². The number of imidazole rings is 1. The Balaban J connectivity index is 1.77. The minimum Gasteiger partial charge on any atom is -0.480 e. The molecule has 1 aliphatic heterocycles. The summed E-state index contributed by atoms with van der Waals surface area (Å²) in [6.45, 7) is 4.04. The fourth-order valence-electron chi connectivity index (χ4n) is 4.49. The van der Waals surface area contributed by atoms with E-state index in [1.807, 2.05) is 44.2 Å². The summed E-state index contributed by atoms with van der Waals surface area (Å²) in [5.74, 6) is -2.77. The molecule has 37 heavy (non-hydrogen) atoms. The van der Waals surface area contributed by atoms with Gasteiger partial charge in [-0.3, -0.25) is 14.4 Å². The van der Waals surface area contributed by atoms with Crippen LogP contribution in [0.5, 0.6) is 0 Å². The molecule has 6 N–H and O–H groups in total. The van der Waals surface area contributed by atoms with Crippen LogP contribution in [0.3, 0.4) is 0 Å². The number of aromatic amines is 1. The number of nitrogens with one attached hydrogen (secondary N) is 3. The number of nitrogens with two attached hydrogens (primary N) is 1. The first kappa shape index (κ1) is 27.9. The van der Waals surface area contributed by atoms with Gasteiger partial charge in [0.2, 0.25) is 17.7 Å². The molecule has 1 aromatic heterocycles. The number of aliphatic carboxylic acids is 1. The molecule has 3 amide bonds. The van der Waals surface area contributed by atoms with Crippen molar-refractivity contribution in [2.45, 2.75) is 70.1 Å². The van der Waals surface area contributed by atoms with E-state index in [2.05, 4.69) is 20.6 Å². The predicted molar refractivity (Wildman–Crippen MR) is 136 cm³/mol. The van der Waals surface area contributed by atoms with Crippen molar-refractivity contribution in [2.24, 2.45) is 11.7 Å². The van der Waals surface area contributed by atoms with Crippen LogP contribution < -0.4 is 16.4 Å². The number of hydrogen-bond donors (Lipinski definition) is 5. The topological polar surface area (TPSA) is 171 Å². The van der Waals surface area contributed by atoms with Crippen molar-refractivity contribution < 1.29 is 24.3 Å². The molecule has 5 unspecified atom stereocenters. The maximum atomic E-state index is 13.5. The summed E-state index contributed by atoms with van der Waals surface area (Å²) in [5.41, 5.74) is 7.58. The standard InChI is InChI=1S/C26H36N6O5/c1-3-16(2)22(31-23(33)19(27)13-18-14-28-15-29-18)24(34)30-20(12-17-8-5-4-6-9-17)25(35)32-11-7-10-21(32)26(36)37/h4-6,8-9,14-16,19-22H,3,7,10-13,27H2,1-2H3,(H,28,29)(H,30,34)(H,31,33)(H,36,37). The smallest absolute Gasteiger partial charge is 0.326 e. The number of rotatable bonds is 12. The Labute approximate surface area is 216 Å². The van der Waals surface area contributed by atoms with E-state index < -0.39 is 47.9 Å². The zero-order valence-electron chi connectivity index (χ0n) is 21.2. The summed E-state index contributed by atoms with van der Waals surface area (Å²) < 4.78 is 0. The third-order valence-electron chi connectivity index (χ3n) is 6.84. The van der Waals surface area contributed by atoms with Crippen molar-refractivity contribution in [2.75, 3.05) is 6.54 Å². The Morgan fingerprint density at radius 3 is 2.51 bits per heavy atom. The number of benzene rings is 1. The van der Waals surface area contributed by atoms with Gasteiger partial charge in [-0.25, -0.2) is 9.78 Å². The number of likely N-dealkylation sites (tertiary alicyclic amines) is 1. The predicted octanol–water partition coefficient (Wildman–Crippen LogP) is 0.614. The minimum absolute atomic E-state index is 0.189. The molecule has 11 nitrogen and oxygen atoms in total. The van der Waals surface area contributed by atoms with Crippen LogP contribution in [-0.4, -0.2) is 74.4 Å². The second-order valence-corrected chi connectivity index (χ2v) is 9.54. The average molecular weight is 513 g/mol. The molecule has 0 bridgehead atoms. The number of H-pyrrole nitrogens is 1. The monoisotopic (exact) mass is 512 g/mol. The molecule has 5 atom stereocenters. The fraction of sp³-hybridized carbons (Fsp3) is 0.500. The second kappa shape index (κ2) is 13.0. The first-order valence-corrected chi connectivity index (χ1v) is 12.6. The van der Waals surface area contributed by atoms with Gasteiger partial charge in [0.25, 0.3) is 0 Å². The summed E-state index contributed by atoms with van der Waals surface area (Å²) in [5, 5.41) is 15.1. The molecule has 200 valence electrons. The van der Waals surface area contributed by atoms with E-state index in [-0.39, 0.29) is 18.8 Å². The number of aromatic nitrogens is 2. The van der Waals surface area contributed by atoms with Crippen LogP contribution in [0.25, 0.3) is 0 Å². The molecule has 11 heteroatoms. The van der Waals surface area contributed by atoms with E-state index in [9.17, 15) is 24.3 Å². The number of amides is 3. The van der Waals surface area contributed by atoms with E-state index in [1.54, 1.807) is 6.20 Å². The third-order valence-corrected chi connectivity index (χ3v) is 6.84. The molecular formula is C26H36N6O5. The summed E-state index contributed by atoms with van der Waals surface area (Å²) in [4.78, 5) is 59.7. The first-order valence-electron chi connectivity index (χ1n) is 12.6. The van der Waals surface area contributed by atoms with Crippen LogP contribution in [0.4, 0.5) is 0 Å². The van der Waals surface area contributed by atoms with Gasteiger partial charge >= 0.3 is 5.97 Å². The van der Waals surface area contributed by atoms with Crippen molar-refractivity contribution in [1.29, 1.82) is 0 Å². The van der Waals surface area contributed by atoms with Crippen molar-refractivity contribution in [3.63, 3.8) is 0 Å². The lowest BCUT2D eigenvalue weighted by Crippen LogP contribution is -2.59. The van der Waals surface area contributed by atoms with Crippen LogP contribution in [0, 0.1) is 5.92 Å². The fourth-order valence-corrected chi connectivity index (χ4v) is 4.49. The number of carbonyl (C=O) groups is 4. The van der Waals surface area contributed by atoms with Gasteiger partial charge in [0.1, 0.15) is 18.1 Å². The van der Waals surface area contributed by atoms with E-state index in [0.29, 0.717) is 31.5 Å². The largest absolute Gasteiger partial charge is 0.480 e. The van der Waals surface area contributed by atoms with Gasteiger partial charge in [-0.1, -0.05) is 50.6 Å². The first-order chi connectivity index (χ1) is 17.7. The lowest BCUT2D eigenvalue weighted by atomic mass is 9.96. The summed E-state index contributed by atoms with van der Waals surface area (Å²) in [6, 6.07) is 5.45. The van der Waals surface area contributed by atoms with Crippen LogP contribution in [0.2, 0.25) is 0 Å². The quantitative estimate of drug-likeness (QED) is 0.277. The van der Waals surface area contributed by atoms with Crippen LogP contribution in [-0.2, 0) is 32.0 Å². The van der Waals surface area contributed by atoms with Gasteiger partial charge in [0.05, 0.1) is 12.4 Å². The summed E-state index contributed by atoms with van der Waals surface area (Å²) in [7, 11) is 0. The van der Waals surface area contributed by atoms with Gasteiger partial charge in [-0.05, 0) is 24.3 Å². The number of hydrogen-bond acceptors (Lipinski definition) is 6. The number of carboxylic acid groups (broad SMARTS) is 1. The van der Waals surface area contributed by atoms with Crippen molar-refractivity contribution in [3.8, 4) is 0 Å². The Kier molecular flexibility index (Phi) is 9.78. The third kappa shape index (κ3) is 7.39. The molecule has 1 aromatic carbocycles. The molecular weight excluding hydrogens is 476 g/mol. The Morgan fingerprint density at radius 1 is 1.16 bits per heavy atom. The van der Waals surface area contributed by atoms with E-state index in [1.165, 1.54) is 11.2 Å². The highest BCUT2D eigenvalue weighted by Gasteiger charge is 2.39. The second-order valence-electron chi connectivity index (χ2n) is 9.54. The number of carboxylic acids is 1. The highest BCUT2D eigenvalue weighted by molar-refractivity contribution is 5.94. The molecule has 1 saturated heterocycles. The van der Waals surface area contributed by atoms with E-state index in [4.69, 9.17) is 5.73 Å². The molecule has 2 heterocycles. The molecule has 3 rings (SSSR count). The highest BCUT2D eigenvalue weighted by atomic mass is 16.4. The Bertz CT molecular complexity index is 1060.